The molecule has 1 aliphatic heterocycles. The predicted molar refractivity (Wildman–Crippen MR) is 59.7 cm³/mol. The van der Waals surface area contributed by atoms with Crippen LogP contribution in [-0.2, 0) is 12.8 Å². The van der Waals surface area contributed by atoms with Gasteiger partial charge in [0.2, 0.25) is 0 Å². The molecule has 0 atom stereocenters. The molecule has 0 bridgehead atoms. The first-order valence-corrected chi connectivity index (χ1v) is 5.41. The van der Waals surface area contributed by atoms with Crippen LogP contribution in [0.15, 0.2) is 6.07 Å². The van der Waals surface area contributed by atoms with Crippen LogP contribution in [0.5, 0.6) is 0 Å². The largest absolute Gasteiger partial charge is 0.370 e. The molecule has 1 aliphatic rings. The van der Waals surface area contributed by atoms with E-state index in [1.807, 2.05) is 6.92 Å². The minimum Gasteiger partial charge on any atom is -0.370 e. The molecular formula is C12H15N3. The van der Waals surface area contributed by atoms with E-state index in [0.717, 1.165) is 30.9 Å². The molecule has 78 valence electrons. The summed E-state index contributed by atoms with van der Waals surface area (Å²) in [6.07, 6.45) is 3.68. The first-order valence-electron chi connectivity index (χ1n) is 5.41. The number of fused-ring (bicyclic) bond motifs is 1. The van der Waals surface area contributed by atoms with Crippen molar-refractivity contribution in [3.63, 3.8) is 0 Å². The molecule has 0 aromatic carbocycles. The summed E-state index contributed by atoms with van der Waals surface area (Å²) < 4.78 is 0. The first-order chi connectivity index (χ1) is 7.31. The maximum atomic E-state index is 8.57. The van der Waals surface area contributed by atoms with Gasteiger partial charge in [-0.25, -0.2) is 4.98 Å². The molecule has 2 rings (SSSR count). The zero-order valence-electron chi connectivity index (χ0n) is 9.01. The van der Waals surface area contributed by atoms with Gasteiger partial charge in [-0.2, -0.15) is 5.26 Å². The number of pyridine rings is 1. The van der Waals surface area contributed by atoms with Crippen molar-refractivity contribution in [3.8, 4) is 6.07 Å². The first kappa shape index (κ1) is 9.97. The van der Waals surface area contributed by atoms with Crippen LogP contribution in [0.1, 0.15) is 29.7 Å². The summed E-state index contributed by atoms with van der Waals surface area (Å²) in [5.41, 5.74) is 3.58. The van der Waals surface area contributed by atoms with Gasteiger partial charge in [-0.15, -0.1) is 0 Å². The van der Waals surface area contributed by atoms with Crippen molar-refractivity contribution in [3.05, 3.63) is 22.9 Å². The molecule has 3 heteroatoms. The van der Waals surface area contributed by atoms with E-state index in [0.29, 0.717) is 6.42 Å². The lowest BCUT2D eigenvalue weighted by atomic mass is 10.0. The van der Waals surface area contributed by atoms with Crippen molar-refractivity contribution in [1.82, 2.24) is 4.98 Å². The molecule has 0 aliphatic carbocycles. The third kappa shape index (κ3) is 2.10. The van der Waals surface area contributed by atoms with Crippen molar-refractivity contribution >= 4 is 5.82 Å². The fourth-order valence-electron chi connectivity index (χ4n) is 1.97. The molecule has 0 amide bonds. The van der Waals surface area contributed by atoms with Crippen LogP contribution in [0.3, 0.4) is 0 Å². The van der Waals surface area contributed by atoms with Crippen molar-refractivity contribution in [2.45, 2.75) is 32.6 Å². The number of nitrogens with zero attached hydrogens (tertiary/aromatic N) is 2. The lowest BCUT2D eigenvalue weighted by molar-refractivity contribution is 0.807. The Morgan fingerprint density at radius 2 is 2.47 bits per heavy atom. The molecule has 0 saturated heterocycles. The summed E-state index contributed by atoms with van der Waals surface area (Å²) in [7, 11) is 0. The summed E-state index contributed by atoms with van der Waals surface area (Å²) in [4.78, 5) is 4.55. The molecule has 3 nitrogen and oxygen atoms in total. The van der Waals surface area contributed by atoms with E-state index in [9.17, 15) is 0 Å². The van der Waals surface area contributed by atoms with Gasteiger partial charge in [0, 0.05) is 18.7 Å². The second-order valence-corrected chi connectivity index (χ2v) is 3.93. The average molecular weight is 201 g/mol. The molecule has 0 fully saturated rings. The SMILES string of the molecule is Cc1nc2c(cc1CCC#N)CCCN2. The average Bonchev–Trinajstić information content (AvgIpc) is 2.26. The lowest BCUT2D eigenvalue weighted by Gasteiger charge is -2.18. The maximum Gasteiger partial charge on any atom is 0.129 e. The molecule has 15 heavy (non-hydrogen) atoms. The Balaban J connectivity index is 2.28. The summed E-state index contributed by atoms with van der Waals surface area (Å²) in [5, 5.41) is 11.9. The van der Waals surface area contributed by atoms with Crippen molar-refractivity contribution in [2.24, 2.45) is 0 Å². The van der Waals surface area contributed by atoms with Crippen LogP contribution in [0.4, 0.5) is 5.82 Å². The number of rotatable bonds is 2. The Bertz CT molecular complexity index is 404. The van der Waals surface area contributed by atoms with Gasteiger partial charge in [0.15, 0.2) is 0 Å². The van der Waals surface area contributed by atoms with Crippen LogP contribution < -0.4 is 5.32 Å². The monoisotopic (exact) mass is 201 g/mol. The van der Waals surface area contributed by atoms with Gasteiger partial charge in [-0.1, -0.05) is 6.07 Å². The molecule has 0 unspecified atom stereocenters. The zero-order valence-corrected chi connectivity index (χ0v) is 9.01. The second kappa shape index (κ2) is 4.31. The Labute approximate surface area is 90.1 Å². The summed E-state index contributed by atoms with van der Waals surface area (Å²) in [6, 6.07) is 4.39. The van der Waals surface area contributed by atoms with Crippen LogP contribution in [0.25, 0.3) is 0 Å². The van der Waals surface area contributed by atoms with Crippen molar-refractivity contribution in [2.75, 3.05) is 11.9 Å². The Kier molecular flexibility index (Phi) is 2.86. The number of nitrogens with one attached hydrogen (secondary N) is 1. The zero-order chi connectivity index (χ0) is 10.7. The van der Waals surface area contributed by atoms with E-state index < -0.39 is 0 Å². The van der Waals surface area contributed by atoms with E-state index in [1.54, 1.807) is 0 Å². The second-order valence-electron chi connectivity index (χ2n) is 3.93. The van der Waals surface area contributed by atoms with E-state index in [-0.39, 0.29) is 0 Å². The van der Waals surface area contributed by atoms with Gasteiger partial charge < -0.3 is 5.32 Å². The highest BCUT2D eigenvalue weighted by atomic mass is 15.0. The van der Waals surface area contributed by atoms with Gasteiger partial charge in [-0.3, -0.25) is 0 Å². The quantitative estimate of drug-likeness (QED) is 0.798. The fraction of sp³-hybridized carbons (Fsp3) is 0.500. The Hall–Kier alpha value is -1.56. The summed E-state index contributed by atoms with van der Waals surface area (Å²) in [5.74, 6) is 1.04. The molecular weight excluding hydrogens is 186 g/mol. The van der Waals surface area contributed by atoms with Gasteiger partial charge in [0.05, 0.1) is 6.07 Å². The lowest BCUT2D eigenvalue weighted by Crippen LogP contribution is -2.14. The molecule has 1 aromatic heterocycles. The fourth-order valence-corrected chi connectivity index (χ4v) is 1.97. The summed E-state index contributed by atoms with van der Waals surface area (Å²) >= 11 is 0. The number of hydrogen-bond acceptors (Lipinski definition) is 3. The van der Waals surface area contributed by atoms with Crippen molar-refractivity contribution in [1.29, 1.82) is 5.26 Å². The van der Waals surface area contributed by atoms with Crippen LogP contribution in [0.2, 0.25) is 0 Å². The van der Waals surface area contributed by atoms with Gasteiger partial charge in [-0.05, 0) is 37.3 Å². The standard InChI is InChI=1S/C12H15N3/c1-9-10(4-2-6-13)8-11-5-3-7-14-12(11)15-9/h8H,2-5,7H2,1H3,(H,14,15). The number of anilines is 1. The Morgan fingerprint density at radius 3 is 3.27 bits per heavy atom. The molecule has 1 N–H and O–H groups in total. The smallest absolute Gasteiger partial charge is 0.129 e. The van der Waals surface area contributed by atoms with Gasteiger partial charge >= 0.3 is 0 Å². The topological polar surface area (TPSA) is 48.7 Å². The molecule has 1 aromatic rings. The molecule has 2 heterocycles. The number of hydrogen-bond donors (Lipinski definition) is 1. The van der Waals surface area contributed by atoms with Gasteiger partial charge in [0.25, 0.3) is 0 Å². The summed E-state index contributed by atoms with van der Waals surface area (Å²) in [6.45, 7) is 3.04. The van der Waals surface area contributed by atoms with E-state index in [4.69, 9.17) is 5.26 Å². The third-order valence-electron chi connectivity index (χ3n) is 2.82. The van der Waals surface area contributed by atoms with Crippen molar-refractivity contribution < 1.29 is 0 Å². The number of aryl methyl sites for hydroxylation is 3. The molecule has 0 radical (unpaired) electrons. The van der Waals surface area contributed by atoms with E-state index in [2.05, 4.69) is 22.4 Å². The highest BCUT2D eigenvalue weighted by Crippen LogP contribution is 2.23. The highest BCUT2D eigenvalue weighted by Gasteiger charge is 2.12. The number of nitriles is 1. The number of aromatic nitrogens is 1. The normalized spacial score (nSPS) is 13.9. The highest BCUT2D eigenvalue weighted by molar-refractivity contribution is 5.49. The maximum absolute atomic E-state index is 8.57. The van der Waals surface area contributed by atoms with Gasteiger partial charge in [0.1, 0.15) is 5.82 Å². The molecule has 0 spiro atoms. The van der Waals surface area contributed by atoms with Crippen LogP contribution in [0, 0.1) is 18.3 Å². The third-order valence-corrected chi connectivity index (χ3v) is 2.82. The van der Waals surface area contributed by atoms with E-state index in [1.165, 1.54) is 17.5 Å². The molecule has 0 saturated carbocycles. The Morgan fingerprint density at radius 1 is 1.60 bits per heavy atom. The van der Waals surface area contributed by atoms with E-state index >= 15 is 0 Å². The minimum absolute atomic E-state index is 0.578. The van der Waals surface area contributed by atoms with Crippen LogP contribution >= 0.6 is 0 Å². The van der Waals surface area contributed by atoms with Crippen LogP contribution in [-0.4, -0.2) is 11.5 Å². The minimum atomic E-state index is 0.578. The predicted octanol–water partition coefficient (Wildman–Crippen LogP) is 2.20.